The van der Waals surface area contributed by atoms with E-state index in [1.54, 1.807) is 0 Å². The molecule has 0 aliphatic rings. The Labute approximate surface area is 305 Å². The maximum Gasteiger partial charge on any atom is 0.0629 e. The summed E-state index contributed by atoms with van der Waals surface area (Å²) in [7, 11) is 3.92. The van der Waals surface area contributed by atoms with Crippen molar-refractivity contribution in [2.24, 2.45) is 0 Å². The molecule has 2 aromatic heterocycles. The Morgan fingerprint density at radius 2 is 0.820 bits per heavy atom. The number of nitrogens with zero attached hydrogens (tertiary/aromatic N) is 4. The first-order valence-electron chi connectivity index (χ1n) is 17.0. The normalized spacial score (nSPS) is 11.3. The molecule has 4 aromatic carbocycles. The summed E-state index contributed by atoms with van der Waals surface area (Å²) in [6.07, 6.45) is 12.0. The summed E-state index contributed by atoms with van der Waals surface area (Å²) in [5.74, 6) is 2.07. The Hall–Kier alpha value is -5.04. The van der Waals surface area contributed by atoms with Gasteiger partial charge >= 0.3 is 0 Å². The molecule has 0 aliphatic heterocycles. The molecular formula is C44H42N4S2. The minimum atomic E-state index is 0.882. The third-order valence-electron chi connectivity index (χ3n) is 8.19. The molecule has 0 radical (unpaired) electrons. The molecule has 0 N–H and O–H groups in total. The number of hydrogen-bond donors (Lipinski definition) is 0. The zero-order chi connectivity index (χ0) is 34.1. The lowest BCUT2D eigenvalue weighted by Crippen LogP contribution is -2.26. The van der Waals surface area contributed by atoms with E-state index < -0.39 is 0 Å². The van der Waals surface area contributed by atoms with Gasteiger partial charge in [-0.15, -0.1) is 0 Å². The zero-order valence-corrected chi connectivity index (χ0v) is 29.8. The number of anilines is 2. The number of pyridine rings is 2. The molecule has 6 rings (SSSR count). The number of hydrogen-bond acceptors (Lipinski definition) is 6. The van der Waals surface area contributed by atoms with Crippen LogP contribution < -0.4 is 9.80 Å². The van der Waals surface area contributed by atoms with E-state index in [-0.39, 0.29) is 0 Å². The highest BCUT2D eigenvalue weighted by molar-refractivity contribution is 8.76. The first kappa shape index (κ1) is 34.8. The molecule has 50 heavy (non-hydrogen) atoms. The summed E-state index contributed by atoms with van der Waals surface area (Å²) in [4.78, 5) is 13.8. The van der Waals surface area contributed by atoms with Gasteiger partial charge in [0.25, 0.3) is 0 Å². The lowest BCUT2D eigenvalue weighted by atomic mass is 10.1. The fourth-order valence-electron chi connectivity index (χ4n) is 5.52. The van der Waals surface area contributed by atoms with Crippen molar-refractivity contribution < 1.29 is 0 Å². The van der Waals surface area contributed by atoms with Crippen molar-refractivity contribution >= 4 is 57.3 Å². The first-order valence-corrected chi connectivity index (χ1v) is 19.5. The fraction of sp³-hybridized carbons (Fsp3) is 0.136. The van der Waals surface area contributed by atoms with E-state index in [9.17, 15) is 0 Å². The minimum Gasteiger partial charge on any atom is -0.366 e. The molecule has 0 aliphatic carbocycles. The van der Waals surface area contributed by atoms with Gasteiger partial charge in [-0.2, -0.15) is 0 Å². The summed E-state index contributed by atoms with van der Waals surface area (Å²) >= 11 is 0. The van der Waals surface area contributed by atoms with Gasteiger partial charge in [0, 0.05) is 61.5 Å². The van der Waals surface area contributed by atoms with Crippen molar-refractivity contribution in [3.05, 3.63) is 192 Å². The third kappa shape index (κ3) is 11.3. The molecule has 0 bridgehead atoms. The Morgan fingerprint density at radius 1 is 0.420 bits per heavy atom. The van der Waals surface area contributed by atoms with Crippen LogP contribution in [0.4, 0.5) is 11.4 Å². The van der Waals surface area contributed by atoms with Gasteiger partial charge in [-0.25, -0.2) is 0 Å². The molecule has 250 valence electrons. The average molecular weight is 691 g/mol. The molecule has 0 saturated heterocycles. The van der Waals surface area contributed by atoms with Crippen LogP contribution in [0.3, 0.4) is 0 Å². The van der Waals surface area contributed by atoms with Crippen molar-refractivity contribution in [3.63, 3.8) is 0 Å². The summed E-state index contributed by atoms with van der Waals surface area (Å²) in [5.41, 5.74) is 9.37. The predicted octanol–water partition coefficient (Wildman–Crippen LogP) is 10.9. The Balaban J connectivity index is 1.04. The lowest BCUT2D eigenvalue weighted by Gasteiger charge is -2.26. The second-order valence-electron chi connectivity index (χ2n) is 11.8. The molecule has 0 unspecified atom stereocenters. The third-order valence-corrected chi connectivity index (χ3v) is 10.6. The van der Waals surface area contributed by atoms with Gasteiger partial charge in [0.15, 0.2) is 0 Å². The van der Waals surface area contributed by atoms with Crippen LogP contribution in [0.2, 0.25) is 0 Å². The van der Waals surface area contributed by atoms with Gasteiger partial charge in [-0.1, -0.05) is 131 Å². The van der Waals surface area contributed by atoms with Crippen LogP contribution in [-0.4, -0.2) is 34.6 Å². The van der Waals surface area contributed by atoms with Gasteiger partial charge in [-0.3, -0.25) is 9.97 Å². The monoisotopic (exact) mass is 690 g/mol. The average Bonchev–Trinajstić information content (AvgIpc) is 3.19. The summed E-state index contributed by atoms with van der Waals surface area (Å²) < 4.78 is 0. The molecule has 0 saturated carbocycles. The van der Waals surface area contributed by atoms with Crippen molar-refractivity contribution in [1.29, 1.82) is 0 Å². The van der Waals surface area contributed by atoms with Crippen LogP contribution in [0.25, 0.3) is 24.3 Å². The van der Waals surface area contributed by atoms with Crippen molar-refractivity contribution in [1.82, 2.24) is 9.97 Å². The van der Waals surface area contributed by atoms with Crippen LogP contribution in [0.1, 0.15) is 33.6 Å². The Kier molecular flexibility index (Phi) is 13.4. The lowest BCUT2D eigenvalue weighted by molar-refractivity contribution is 0.837. The maximum atomic E-state index is 4.40. The van der Waals surface area contributed by atoms with Gasteiger partial charge in [0.1, 0.15) is 0 Å². The molecule has 0 spiro atoms. The topological polar surface area (TPSA) is 32.3 Å². The molecule has 6 aromatic rings. The number of benzene rings is 4. The molecule has 0 atom stereocenters. The second-order valence-corrected chi connectivity index (χ2v) is 14.5. The number of rotatable bonds is 17. The summed E-state index contributed by atoms with van der Waals surface area (Å²) in [5, 5.41) is 0. The Morgan fingerprint density at radius 3 is 1.20 bits per heavy atom. The largest absolute Gasteiger partial charge is 0.366 e. The molecule has 0 amide bonds. The van der Waals surface area contributed by atoms with Gasteiger partial charge < -0.3 is 9.80 Å². The summed E-state index contributed by atoms with van der Waals surface area (Å²) in [6.45, 7) is 3.70. The van der Waals surface area contributed by atoms with Crippen LogP contribution in [-0.2, 0) is 13.1 Å². The van der Waals surface area contributed by atoms with Crippen LogP contribution in [0.15, 0.2) is 158 Å². The minimum absolute atomic E-state index is 0.882. The van der Waals surface area contributed by atoms with Gasteiger partial charge in [-0.05, 0) is 82.9 Å². The van der Waals surface area contributed by atoms with Crippen molar-refractivity contribution in [2.45, 2.75) is 13.1 Å². The van der Waals surface area contributed by atoms with Crippen molar-refractivity contribution in [3.8, 4) is 0 Å². The highest BCUT2D eigenvalue weighted by atomic mass is 33.1. The summed E-state index contributed by atoms with van der Waals surface area (Å²) in [6, 6.07) is 51.2. The first-order chi connectivity index (χ1) is 24.8. The number of aromatic nitrogens is 2. The highest BCUT2D eigenvalue weighted by Crippen LogP contribution is 2.26. The highest BCUT2D eigenvalue weighted by Gasteiger charge is 2.10. The Bertz CT molecular complexity index is 1740. The maximum absolute atomic E-state index is 4.40. The van der Waals surface area contributed by atoms with Gasteiger partial charge in [0.2, 0.25) is 0 Å². The molecule has 6 heteroatoms. The fourth-order valence-corrected chi connectivity index (χ4v) is 7.50. The molecule has 0 fully saturated rings. The van der Waals surface area contributed by atoms with E-state index in [0.717, 1.165) is 49.1 Å². The second kappa shape index (κ2) is 19.2. The standard InChI is InChI=1S/C44H42N4S2/c1-3-11-39(12-4-1)35-47(43-25-19-37(20-26-43)17-23-41-15-7-9-29-45-41)31-33-49-50-34-32-48(36-40-13-5-2-6-14-40)44-27-21-38(22-28-44)18-24-42-16-8-10-30-46-42/h1-30H,31-36H2/b23-17+,24-18+. The zero-order valence-electron chi connectivity index (χ0n) is 28.2. The predicted molar refractivity (Wildman–Crippen MR) is 219 cm³/mol. The van der Waals surface area contributed by atoms with E-state index in [1.807, 2.05) is 70.4 Å². The quantitative estimate of drug-likeness (QED) is 0.0700. The molecule has 4 nitrogen and oxygen atoms in total. The smallest absolute Gasteiger partial charge is 0.0629 e. The molecular weight excluding hydrogens is 649 g/mol. The van der Waals surface area contributed by atoms with E-state index in [1.165, 1.54) is 33.6 Å². The SMILES string of the molecule is C(=C\c1ccccn1)/c1ccc(N(CCSSCCN(Cc2ccccc2)c2ccc(/C=C/c3ccccn3)cc2)Cc2ccccc2)cc1. The molecule has 2 heterocycles. The van der Waals surface area contributed by atoms with E-state index in [0.29, 0.717) is 0 Å². The van der Waals surface area contributed by atoms with E-state index in [4.69, 9.17) is 0 Å². The van der Waals surface area contributed by atoms with Crippen LogP contribution in [0, 0.1) is 0 Å². The van der Waals surface area contributed by atoms with Gasteiger partial charge in [0.05, 0.1) is 11.4 Å². The van der Waals surface area contributed by atoms with Crippen LogP contribution in [0.5, 0.6) is 0 Å². The van der Waals surface area contributed by atoms with Crippen molar-refractivity contribution in [2.75, 3.05) is 34.4 Å². The van der Waals surface area contributed by atoms with E-state index >= 15 is 0 Å². The van der Waals surface area contributed by atoms with Crippen LogP contribution >= 0.6 is 21.6 Å². The van der Waals surface area contributed by atoms with E-state index in [2.05, 4.69) is 153 Å².